The van der Waals surface area contributed by atoms with Gasteiger partial charge in [0.05, 0.1) is 6.54 Å². The van der Waals surface area contributed by atoms with Gasteiger partial charge >= 0.3 is 0 Å². The third kappa shape index (κ3) is 4.81. The Morgan fingerprint density at radius 3 is 2.31 bits per heavy atom. The summed E-state index contributed by atoms with van der Waals surface area (Å²) < 4.78 is 0. The molecule has 0 saturated carbocycles. The highest BCUT2D eigenvalue weighted by Gasteiger charge is 2.53. The predicted molar refractivity (Wildman–Crippen MR) is 116 cm³/mol. The maximum Gasteiger partial charge on any atom is 0.251 e. The number of nitrogens with one attached hydrogen (secondary N) is 2. The third-order valence-corrected chi connectivity index (χ3v) is 5.26. The summed E-state index contributed by atoms with van der Waals surface area (Å²) in [6.07, 6.45) is 0. The van der Waals surface area contributed by atoms with Gasteiger partial charge in [-0.25, -0.2) is 0 Å². The molecule has 0 atom stereocenters. The molecule has 1 amide bonds. The van der Waals surface area contributed by atoms with E-state index >= 15 is 0 Å². The van der Waals surface area contributed by atoms with E-state index in [1.807, 2.05) is 0 Å². The normalized spacial score (nSPS) is 17.7. The minimum Gasteiger partial charge on any atom is -0.508 e. The Morgan fingerprint density at radius 2 is 1.81 bits per heavy atom. The molecule has 0 aliphatic carbocycles. The van der Waals surface area contributed by atoms with Crippen molar-refractivity contribution in [1.29, 1.82) is 0 Å². The van der Waals surface area contributed by atoms with Gasteiger partial charge in [0.25, 0.3) is 5.91 Å². The molecule has 0 radical (unpaired) electrons. The highest BCUT2D eigenvalue weighted by molar-refractivity contribution is 14.0. The van der Waals surface area contributed by atoms with Crippen LogP contribution in [0, 0.1) is 5.41 Å². The van der Waals surface area contributed by atoms with Gasteiger partial charge in [-0.2, -0.15) is 0 Å². The quantitative estimate of drug-likeness (QED) is 0.266. The van der Waals surface area contributed by atoms with Gasteiger partial charge in [0.2, 0.25) is 0 Å². The topological polar surface area (TPSA) is 77.0 Å². The van der Waals surface area contributed by atoms with Crippen LogP contribution in [0.5, 0.6) is 5.75 Å². The van der Waals surface area contributed by atoms with Crippen LogP contribution in [0.15, 0.2) is 29.3 Å². The number of aromatic hydroxyl groups is 1. The van der Waals surface area contributed by atoms with Crippen molar-refractivity contribution in [2.24, 2.45) is 10.4 Å². The average molecular weight is 474 g/mol. The summed E-state index contributed by atoms with van der Waals surface area (Å²) in [5.41, 5.74) is 0.818. The lowest BCUT2D eigenvalue weighted by Crippen LogP contribution is -2.72. The van der Waals surface area contributed by atoms with E-state index in [2.05, 4.69) is 55.1 Å². The standard InChI is InChI=1S/C19H30N4O2.HI/c1-6-20-17(23-13-18(2,3)19(23,4)5)22-12-11-21-16(25)14-7-9-15(24)10-8-14;/h7-10,24H,6,11-13H2,1-5H3,(H,20,22)(H,21,25);1H. The van der Waals surface area contributed by atoms with E-state index in [9.17, 15) is 9.90 Å². The highest BCUT2D eigenvalue weighted by Crippen LogP contribution is 2.46. The van der Waals surface area contributed by atoms with Crippen LogP contribution in [-0.4, -0.2) is 53.6 Å². The van der Waals surface area contributed by atoms with Crippen molar-refractivity contribution in [2.75, 3.05) is 26.2 Å². The van der Waals surface area contributed by atoms with E-state index in [0.717, 1.165) is 19.0 Å². The van der Waals surface area contributed by atoms with E-state index in [-0.39, 0.29) is 46.6 Å². The molecule has 7 heteroatoms. The second-order valence-corrected chi connectivity index (χ2v) is 7.57. The minimum absolute atomic E-state index is 0. The molecule has 1 aromatic carbocycles. The van der Waals surface area contributed by atoms with Crippen molar-refractivity contribution in [1.82, 2.24) is 15.5 Å². The third-order valence-electron chi connectivity index (χ3n) is 5.26. The molecule has 1 heterocycles. The molecule has 6 nitrogen and oxygen atoms in total. The smallest absolute Gasteiger partial charge is 0.251 e. The lowest BCUT2D eigenvalue weighted by molar-refractivity contribution is -0.0667. The van der Waals surface area contributed by atoms with E-state index in [4.69, 9.17) is 0 Å². The van der Waals surface area contributed by atoms with Gasteiger partial charge in [-0.15, -0.1) is 24.0 Å². The minimum atomic E-state index is -0.161. The summed E-state index contributed by atoms with van der Waals surface area (Å²) in [4.78, 5) is 19.0. The van der Waals surface area contributed by atoms with Crippen LogP contribution in [0.3, 0.4) is 0 Å². The molecular weight excluding hydrogens is 443 g/mol. The maximum atomic E-state index is 12.0. The average Bonchev–Trinajstić information content (AvgIpc) is 2.56. The number of hydrogen-bond donors (Lipinski definition) is 3. The first kappa shape index (κ1) is 22.5. The summed E-state index contributed by atoms with van der Waals surface area (Å²) in [5.74, 6) is 0.882. The lowest BCUT2D eigenvalue weighted by Gasteiger charge is -2.62. The second-order valence-electron chi connectivity index (χ2n) is 7.57. The SMILES string of the molecule is CCNC(=NCCNC(=O)c1ccc(O)cc1)N1CC(C)(C)C1(C)C.I. The molecule has 0 unspecified atom stereocenters. The molecule has 0 aromatic heterocycles. The molecule has 0 bridgehead atoms. The summed E-state index contributed by atoms with van der Waals surface area (Å²) in [7, 11) is 0. The van der Waals surface area contributed by atoms with Crippen molar-refractivity contribution in [2.45, 2.75) is 40.2 Å². The number of aliphatic imine (C=N–C) groups is 1. The summed E-state index contributed by atoms with van der Waals surface area (Å²) in [5, 5.41) is 15.5. The number of rotatable bonds is 5. The molecule has 3 N–H and O–H groups in total. The van der Waals surface area contributed by atoms with Crippen molar-refractivity contribution in [3.63, 3.8) is 0 Å². The molecule has 146 valence electrons. The van der Waals surface area contributed by atoms with Crippen molar-refractivity contribution in [3.8, 4) is 5.75 Å². The Labute approximate surface area is 173 Å². The number of benzene rings is 1. The number of hydrogen-bond acceptors (Lipinski definition) is 3. The molecule has 2 rings (SSSR count). The monoisotopic (exact) mass is 474 g/mol. The number of guanidine groups is 1. The van der Waals surface area contributed by atoms with Crippen LogP contribution >= 0.6 is 24.0 Å². The Balaban J connectivity index is 0.00000338. The fourth-order valence-corrected chi connectivity index (χ4v) is 2.84. The number of halogens is 1. The highest BCUT2D eigenvalue weighted by atomic mass is 127. The second kappa shape index (κ2) is 8.92. The number of phenolic OH excluding ortho intramolecular Hbond substituents is 1. The molecule has 1 aliphatic heterocycles. The van der Waals surface area contributed by atoms with Crippen LogP contribution in [0.2, 0.25) is 0 Å². The fourth-order valence-electron chi connectivity index (χ4n) is 2.84. The van der Waals surface area contributed by atoms with Crippen molar-refractivity contribution >= 4 is 35.8 Å². The van der Waals surface area contributed by atoms with Crippen LogP contribution in [0.4, 0.5) is 0 Å². The van der Waals surface area contributed by atoms with Gasteiger partial charge < -0.3 is 20.6 Å². The van der Waals surface area contributed by atoms with E-state index in [1.54, 1.807) is 12.1 Å². The first-order valence-corrected chi connectivity index (χ1v) is 8.82. The van der Waals surface area contributed by atoms with E-state index < -0.39 is 0 Å². The number of likely N-dealkylation sites (tertiary alicyclic amines) is 1. The zero-order valence-electron chi connectivity index (χ0n) is 16.3. The van der Waals surface area contributed by atoms with Crippen LogP contribution in [0.1, 0.15) is 45.0 Å². The van der Waals surface area contributed by atoms with Gasteiger partial charge in [-0.05, 0) is 45.0 Å². The van der Waals surface area contributed by atoms with Crippen molar-refractivity contribution in [3.05, 3.63) is 29.8 Å². The number of carbonyl (C=O) groups excluding carboxylic acids is 1. The zero-order valence-corrected chi connectivity index (χ0v) is 18.6. The van der Waals surface area contributed by atoms with Gasteiger partial charge in [0.15, 0.2) is 5.96 Å². The van der Waals surface area contributed by atoms with Crippen LogP contribution < -0.4 is 10.6 Å². The maximum absolute atomic E-state index is 12.0. The van der Waals surface area contributed by atoms with Gasteiger partial charge in [0, 0.05) is 36.2 Å². The van der Waals surface area contributed by atoms with Crippen molar-refractivity contribution < 1.29 is 9.90 Å². The van der Waals surface area contributed by atoms with Gasteiger partial charge in [0.1, 0.15) is 5.75 Å². The van der Waals surface area contributed by atoms with Crippen LogP contribution in [0.25, 0.3) is 0 Å². The van der Waals surface area contributed by atoms with E-state index in [1.165, 1.54) is 12.1 Å². The molecule has 0 spiro atoms. The zero-order chi connectivity index (χ0) is 18.7. The molecular formula is C19H31IN4O2. The molecule has 1 aliphatic rings. The first-order valence-electron chi connectivity index (χ1n) is 8.82. The molecule has 26 heavy (non-hydrogen) atoms. The Morgan fingerprint density at radius 1 is 1.19 bits per heavy atom. The fraction of sp³-hybridized carbons (Fsp3) is 0.579. The van der Waals surface area contributed by atoms with Gasteiger partial charge in [-0.1, -0.05) is 13.8 Å². The molecule has 1 saturated heterocycles. The molecule has 1 aromatic rings. The van der Waals surface area contributed by atoms with Crippen LogP contribution in [-0.2, 0) is 0 Å². The van der Waals surface area contributed by atoms with Gasteiger partial charge in [-0.3, -0.25) is 9.79 Å². The number of phenols is 1. The summed E-state index contributed by atoms with van der Waals surface area (Å²) in [6, 6.07) is 6.21. The van der Waals surface area contributed by atoms with E-state index in [0.29, 0.717) is 18.7 Å². The number of nitrogens with zero attached hydrogens (tertiary/aromatic N) is 2. The first-order chi connectivity index (χ1) is 11.7. The lowest BCUT2D eigenvalue weighted by atomic mass is 9.65. The largest absolute Gasteiger partial charge is 0.508 e. The predicted octanol–water partition coefficient (Wildman–Crippen LogP) is 2.83. The number of carbonyl (C=O) groups is 1. The Bertz CT molecular complexity index is 641. The summed E-state index contributed by atoms with van der Waals surface area (Å²) in [6.45, 7) is 13.8. The Hall–Kier alpha value is -1.51. The summed E-state index contributed by atoms with van der Waals surface area (Å²) >= 11 is 0. The number of amides is 1. The molecule has 1 fully saturated rings. The Kier molecular flexibility index (Phi) is 7.73.